The van der Waals surface area contributed by atoms with Gasteiger partial charge in [0.15, 0.2) is 0 Å². The first-order valence-corrected chi connectivity index (χ1v) is 22.8. The van der Waals surface area contributed by atoms with Gasteiger partial charge in [-0.05, 0) is 12.8 Å². The van der Waals surface area contributed by atoms with Crippen molar-refractivity contribution in [3.05, 3.63) is 0 Å². The van der Waals surface area contributed by atoms with Gasteiger partial charge in [0, 0.05) is 13.0 Å². The Morgan fingerprint density at radius 1 is 0.540 bits per heavy atom. The van der Waals surface area contributed by atoms with E-state index in [2.05, 4.69) is 13.8 Å². The molecule has 0 heterocycles. The third kappa shape index (κ3) is 38.7. The van der Waals surface area contributed by atoms with Crippen LogP contribution in [0.5, 0.6) is 0 Å². The first-order valence-electron chi connectivity index (χ1n) is 21.3. The number of quaternary nitrogens is 1. The maximum absolute atomic E-state index is 12.7. The summed E-state index contributed by atoms with van der Waals surface area (Å²) in [6.45, 7) is 5.67. The minimum atomic E-state index is -4.26. The highest BCUT2D eigenvalue weighted by molar-refractivity contribution is 7.47. The molecule has 0 rings (SSSR count). The van der Waals surface area contributed by atoms with Crippen LogP contribution in [0.25, 0.3) is 0 Å². The van der Waals surface area contributed by atoms with Gasteiger partial charge in [0.05, 0.1) is 34.4 Å². The molecule has 1 N–H and O–H groups in total. The number of carbonyl (C=O) groups excluding carboxylic acids is 1. The van der Waals surface area contributed by atoms with Gasteiger partial charge in [0.2, 0.25) is 0 Å². The smallest absolute Gasteiger partial charge is 0.457 e. The maximum Gasteiger partial charge on any atom is 0.472 e. The highest BCUT2D eigenvalue weighted by Gasteiger charge is 2.26. The molecule has 2 atom stereocenters. The molecule has 0 aliphatic rings. The normalized spacial score (nSPS) is 13.8. The summed E-state index contributed by atoms with van der Waals surface area (Å²) in [5, 5.41) is 0. The SMILES string of the molecule is CCCCCCCCCCCCCCCCCCC(=O)OC(COCCCCCCCCCCCCCC)COP(=O)(O)OCC[N+](C)(C)C. The highest BCUT2D eigenvalue weighted by Crippen LogP contribution is 2.43. The Kier molecular flexibility index (Phi) is 35.2. The van der Waals surface area contributed by atoms with E-state index in [-0.39, 0.29) is 25.8 Å². The van der Waals surface area contributed by atoms with E-state index in [1.165, 1.54) is 148 Å². The van der Waals surface area contributed by atoms with Crippen molar-refractivity contribution in [1.82, 2.24) is 0 Å². The summed E-state index contributed by atoms with van der Waals surface area (Å²) in [6.07, 6.45) is 35.5. The number of unbranched alkanes of at least 4 members (excludes halogenated alkanes) is 26. The maximum atomic E-state index is 12.7. The number of hydrogen-bond acceptors (Lipinski definition) is 6. The van der Waals surface area contributed by atoms with Gasteiger partial charge in [-0.25, -0.2) is 4.57 Å². The second kappa shape index (κ2) is 35.5. The van der Waals surface area contributed by atoms with Crippen LogP contribution in [0.4, 0.5) is 0 Å². The van der Waals surface area contributed by atoms with Gasteiger partial charge >= 0.3 is 13.8 Å². The van der Waals surface area contributed by atoms with E-state index in [0.717, 1.165) is 32.1 Å². The quantitative estimate of drug-likeness (QED) is 0.0290. The van der Waals surface area contributed by atoms with Gasteiger partial charge in [-0.3, -0.25) is 13.8 Å². The standard InChI is InChI=1S/C41H84NO7P/c1-6-8-10-12-14-16-18-20-21-22-23-24-26-28-30-32-34-41(43)49-40(39-48-50(44,45)47-37-35-42(3,4)5)38-46-36-33-31-29-27-25-19-17-15-13-11-9-7-2/h40H,6-39H2,1-5H3/p+1. The molecule has 0 aliphatic carbocycles. The zero-order valence-electron chi connectivity index (χ0n) is 33.9. The minimum absolute atomic E-state index is 0.0937. The van der Waals surface area contributed by atoms with Crippen LogP contribution in [-0.2, 0) is 27.9 Å². The fraction of sp³-hybridized carbons (Fsp3) is 0.976. The van der Waals surface area contributed by atoms with Crippen LogP contribution in [0.2, 0.25) is 0 Å². The molecule has 0 amide bonds. The zero-order valence-corrected chi connectivity index (χ0v) is 34.8. The van der Waals surface area contributed by atoms with Crippen molar-refractivity contribution in [2.75, 3.05) is 54.1 Å². The fourth-order valence-corrected chi connectivity index (χ4v) is 6.82. The van der Waals surface area contributed by atoms with Crippen LogP contribution in [0, 0.1) is 0 Å². The molecule has 50 heavy (non-hydrogen) atoms. The molecule has 0 aromatic heterocycles. The molecule has 0 saturated carbocycles. The lowest BCUT2D eigenvalue weighted by Gasteiger charge is -2.24. The number of esters is 1. The predicted molar refractivity (Wildman–Crippen MR) is 211 cm³/mol. The average Bonchev–Trinajstić information content (AvgIpc) is 3.06. The van der Waals surface area contributed by atoms with Crippen LogP contribution in [0.3, 0.4) is 0 Å². The number of phosphoric acid groups is 1. The van der Waals surface area contributed by atoms with E-state index in [1.807, 2.05) is 21.1 Å². The second-order valence-electron chi connectivity index (χ2n) is 15.7. The van der Waals surface area contributed by atoms with Crippen LogP contribution in [0.15, 0.2) is 0 Å². The molecule has 0 fully saturated rings. The van der Waals surface area contributed by atoms with E-state index in [4.69, 9.17) is 18.5 Å². The monoisotopic (exact) mass is 735 g/mol. The van der Waals surface area contributed by atoms with E-state index in [9.17, 15) is 14.3 Å². The van der Waals surface area contributed by atoms with Gasteiger partial charge in [-0.2, -0.15) is 0 Å². The summed E-state index contributed by atoms with van der Waals surface area (Å²) in [7, 11) is 1.68. The second-order valence-corrected chi connectivity index (χ2v) is 17.2. The Balaban J connectivity index is 4.20. The van der Waals surface area contributed by atoms with Crippen LogP contribution in [0.1, 0.15) is 200 Å². The van der Waals surface area contributed by atoms with Crippen LogP contribution < -0.4 is 0 Å². The number of phosphoric ester groups is 1. The summed E-state index contributed by atoms with van der Waals surface area (Å²) in [5.74, 6) is -0.309. The molecule has 0 saturated heterocycles. The molecule has 0 spiro atoms. The van der Waals surface area contributed by atoms with Crippen molar-refractivity contribution in [3.63, 3.8) is 0 Å². The van der Waals surface area contributed by atoms with Crippen molar-refractivity contribution < 1.29 is 37.3 Å². The molecule has 9 heteroatoms. The summed E-state index contributed by atoms with van der Waals surface area (Å²) >= 11 is 0. The molecule has 8 nitrogen and oxygen atoms in total. The molecule has 300 valence electrons. The third-order valence-electron chi connectivity index (χ3n) is 9.42. The van der Waals surface area contributed by atoms with E-state index < -0.39 is 13.9 Å². The number of carbonyl (C=O) groups is 1. The Hall–Kier alpha value is -0.500. The molecule has 0 radical (unpaired) electrons. The third-order valence-corrected chi connectivity index (χ3v) is 10.4. The predicted octanol–water partition coefficient (Wildman–Crippen LogP) is 12.1. The summed E-state index contributed by atoms with van der Waals surface area (Å²) in [6, 6.07) is 0. The molecule has 0 aliphatic heterocycles. The van der Waals surface area contributed by atoms with E-state index in [1.54, 1.807) is 0 Å². The Morgan fingerprint density at radius 3 is 1.32 bits per heavy atom. The Morgan fingerprint density at radius 2 is 0.920 bits per heavy atom. The molecule has 0 bridgehead atoms. The fourth-order valence-electron chi connectivity index (χ4n) is 6.08. The molecular formula is C41H85NO7P+. The number of likely N-dealkylation sites (N-methyl/N-ethyl adjacent to an activating group) is 1. The molecule has 2 unspecified atom stereocenters. The van der Waals surface area contributed by atoms with Crippen molar-refractivity contribution in [2.24, 2.45) is 0 Å². The van der Waals surface area contributed by atoms with Gasteiger partial charge < -0.3 is 18.9 Å². The number of rotatable bonds is 40. The highest BCUT2D eigenvalue weighted by atomic mass is 31.2. The number of hydrogen-bond donors (Lipinski definition) is 1. The van der Waals surface area contributed by atoms with Crippen LogP contribution in [-0.4, -0.2) is 75.6 Å². The van der Waals surface area contributed by atoms with E-state index >= 15 is 0 Å². The molecular weight excluding hydrogens is 649 g/mol. The Labute approximate surface area is 310 Å². The summed E-state index contributed by atoms with van der Waals surface area (Å²) < 4.78 is 34.9. The number of nitrogens with zero attached hydrogens (tertiary/aromatic N) is 1. The van der Waals surface area contributed by atoms with Crippen LogP contribution >= 0.6 is 7.82 Å². The Bertz CT molecular complexity index is 777. The lowest BCUT2D eigenvalue weighted by molar-refractivity contribution is -0.870. The van der Waals surface area contributed by atoms with Gasteiger partial charge in [-0.15, -0.1) is 0 Å². The first kappa shape index (κ1) is 49.5. The molecule has 0 aromatic rings. The lowest BCUT2D eigenvalue weighted by Crippen LogP contribution is -2.37. The van der Waals surface area contributed by atoms with Crippen molar-refractivity contribution in [2.45, 2.75) is 206 Å². The minimum Gasteiger partial charge on any atom is -0.457 e. The van der Waals surface area contributed by atoms with Gasteiger partial charge in [0.1, 0.15) is 19.3 Å². The first-order chi connectivity index (χ1) is 24.1. The summed E-state index contributed by atoms with van der Waals surface area (Å²) in [5.41, 5.74) is 0. The van der Waals surface area contributed by atoms with Crippen molar-refractivity contribution in [1.29, 1.82) is 0 Å². The number of ether oxygens (including phenoxy) is 2. The molecule has 0 aromatic carbocycles. The largest absolute Gasteiger partial charge is 0.472 e. The van der Waals surface area contributed by atoms with Gasteiger partial charge in [-0.1, -0.05) is 181 Å². The topological polar surface area (TPSA) is 91.3 Å². The van der Waals surface area contributed by atoms with Crippen molar-refractivity contribution in [3.8, 4) is 0 Å². The van der Waals surface area contributed by atoms with Gasteiger partial charge in [0.25, 0.3) is 0 Å². The van der Waals surface area contributed by atoms with Crippen molar-refractivity contribution >= 4 is 13.8 Å². The lowest BCUT2D eigenvalue weighted by atomic mass is 10.0. The summed E-state index contributed by atoms with van der Waals surface area (Å²) in [4.78, 5) is 22.8. The van der Waals surface area contributed by atoms with E-state index in [0.29, 0.717) is 24.1 Å². The zero-order chi connectivity index (χ0) is 37.0. The average molecular weight is 735 g/mol.